The van der Waals surface area contributed by atoms with E-state index in [-0.39, 0.29) is 0 Å². The smallest absolute Gasteiger partial charge is 0.0205 e. The minimum Gasteiger partial charge on any atom is -0.0836 e. The first-order chi connectivity index (χ1) is 6.35. The summed E-state index contributed by atoms with van der Waals surface area (Å²) in [5, 5.41) is 0. The molecular formula is C13H18. The molecule has 13 heavy (non-hydrogen) atoms. The molecule has 0 N–H and O–H groups in total. The molecule has 0 aromatic heterocycles. The van der Waals surface area contributed by atoms with Crippen LogP contribution in [0, 0.1) is 11.8 Å². The first kappa shape index (κ1) is 11.8. The predicted molar refractivity (Wildman–Crippen MR) is 60.4 cm³/mol. The van der Waals surface area contributed by atoms with E-state index in [0.717, 1.165) is 18.4 Å². The lowest BCUT2D eigenvalue weighted by Gasteiger charge is -1.87. The van der Waals surface area contributed by atoms with Gasteiger partial charge < -0.3 is 0 Å². The summed E-state index contributed by atoms with van der Waals surface area (Å²) in [5.74, 6) is 6.07. The van der Waals surface area contributed by atoms with Crippen molar-refractivity contribution in [3.8, 4) is 11.8 Å². The lowest BCUT2D eigenvalue weighted by Crippen LogP contribution is -1.71. The van der Waals surface area contributed by atoms with E-state index < -0.39 is 0 Å². The molecule has 0 rings (SSSR count). The summed E-state index contributed by atoms with van der Waals surface area (Å²) in [6, 6.07) is 0. The first-order valence-corrected chi connectivity index (χ1v) is 4.84. The molecule has 0 saturated heterocycles. The van der Waals surface area contributed by atoms with Crippen molar-refractivity contribution in [3.63, 3.8) is 0 Å². The van der Waals surface area contributed by atoms with E-state index in [9.17, 15) is 0 Å². The Balaban J connectivity index is 4.38. The Bertz CT molecular complexity index is 253. The second-order valence-corrected chi connectivity index (χ2v) is 2.65. The van der Waals surface area contributed by atoms with Crippen molar-refractivity contribution in [1.82, 2.24) is 0 Å². The van der Waals surface area contributed by atoms with E-state index in [4.69, 9.17) is 0 Å². The fourth-order valence-corrected chi connectivity index (χ4v) is 0.834. The molecule has 0 aromatic rings. The van der Waals surface area contributed by atoms with Crippen LogP contribution in [0.4, 0.5) is 0 Å². The molecule has 0 atom stereocenters. The van der Waals surface area contributed by atoms with Gasteiger partial charge in [-0.1, -0.05) is 50.0 Å². The Morgan fingerprint density at radius 3 is 2.54 bits per heavy atom. The summed E-state index contributed by atoms with van der Waals surface area (Å²) in [7, 11) is 0. The zero-order chi connectivity index (χ0) is 9.94. The molecule has 0 aromatic carbocycles. The first-order valence-electron chi connectivity index (χ1n) is 4.84. The van der Waals surface area contributed by atoms with E-state index in [1.165, 1.54) is 0 Å². The lowest BCUT2D eigenvalue weighted by atomic mass is 10.2. The highest BCUT2D eigenvalue weighted by atomic mass is 13.9. The Labute approximate surface area is 82.0 Å². The van der Waals surface area contributed by atoms with Gasteiger partial charge in [0.1, 0.15) is 0 Å². The van der Waals surface area contributed by atoms with Crippen LogP contribution in [0.2, 0.25) is 0 Å². The molecule has 0 bridgehead atoms. The van der Waals surface area contributed by atoms with Crippen LogP contribution in [0.15, 0.2) is 36.0 Å². The second kappa shape index (κ2) is 8.87. The normalized spacial score (nSPS) is 12.1. The Hall–Kier alpha value is -1.22. The van der Waals surface area contributed by atoms with Crippen molar-refractivity contribution in [2.24, 2.45) is 0 Å². The minimum absolute atomic E-state index is 1.04. The van der Waals surface area contributed by atoms with E-state index >= 15 is 0 Å². The highest BCUT2D eigenvalue weighted by Gasteiger charge is 1.81. The molecule has 0 saturated carbocycles. The highest BCUT2D eigenvalue weighted by Crippen LogP contribution is 1.98. The molecule has 0 aliphatic carbocycles. The maximum atomic E-state index is 3.09. The third-order valence-electron chi connectivity index (χ3n) is 1.42. The molecule has 0 aliphatic heterocycles. The molecule has 0 heteroatoms. The monoisotopic (exact) mass is 174 g/mol. The van der Waals surface area contributed by atoms with Gasteiger partial charge in [-0.2, -0.15) is 0 Å². The Kier molecular flexibility index (Phi) is 8.04. The van der Waals surface area contributed by atoms with Crippen LogP contribution in [0.3, 0.4) is 0 Å². The van der Waals surface area contributed by atoms with Crippen LogP contribution < -0.4 is 0 Å². The zero-order valence-corrected chi connectivity index (χ0v) is 8.80. The molecule has 0 amide bonds. The van der Waals surface area contributed by atoms with Gasteiger partial charge in [0.2, 0.25) is 0 Å². The summed E-state index contributed by atoms with van der Waals surface area (Å²) in [6.07, 6.45) is 12.3. The summed E-state index contributed by atoms with van der Waals surface area (Å²) in [5.41, 5.74) is 1.11. The fourth-order valence-electron chi connectivity index (χ4n) is 0.834. The van der Waals surface area contributed by atoms with Gasteiger partial charge in [-0.15, -0.1) is 0 Å². The highest BCUT2D eigenvalue weighted by molar-refractivity contribution is 5.40. The average molecular weight is 174 g/mol. The van der Waals surface area contributed by atoms with Gasteiger partial charge in [0.15, 0.2) is 0 Å². The second-order valence-electron chi connectivity index (χ2n) is 2.65. The number of allylic oxidation sites excluding steroid dienone is 6. The molecule has 0 unspecified atom stereocenters. The Morgan fingerprint density at radius 1 is 1.23 bits per heavy atom. The van der Waals surface area contributed by atoms with Gasteiger partial charge in [-0.25, -0.2) is 0 Å². The molecule has 0 radical (unpaired) electrons. The third-order valence-corrected chi connectivity index (χ3v) is 1.42. The lowest BCUT2D eigenvalue weighted by molar-refractivity contribution is 1.20. The van der Waals surface area contributed by atoms with Crippen LogP contribution in [0.25, 0.3) is 0 Å². The van der Waals surface area contributed by atoms with Crippen LogP contribution in [0.1, 0.15) is 33.6 Å². The quantitative estimate of drug-likeness (QED) is 0.450. The summed E-state index contributed by atoms with van der Waals surface area (Å²) < 4.78 is 0. The van der Waals surface area contributed by atoms with E-state index in [2.05, 4.69) is 43.9 Å². The molecule has 0 aliphatic rings. The van der Waals surface area contributed by atoms with Crippen molar-refractivity contribution in [1.29, 1.82) is 0 Å². The number of hydrogen-bond donors (Lipinski definition) is 0. The van der Waals surface area contributed by atoms with E-state index in [1.54, 1.807) is 0 Å². The summed E-state index contributed by atoms with van der Waals surface area (Å²) >= 11 is 0. The van der Waals surface area contributed by atoms with Crippen LogP contribution in [-0.4, -0.2) is 0 Å². The number of rotatable bonds is 3. The van der Waals surface area contributed by atoms with Crippen LogP contribution in [0.5, 0.6) is 0 Å². The molecule has 0 nitrogen and oxygen atoms in total. The van der Waals surface area contributed by atoms with Gasteiger partial charge in [-0.3, -0.25) is 0 Å². The summed E-state index contributed by atoms with van der Waals surface area (Å²) in [4.78, 5) is 0. The molecule has 0 spiro atoms. The molecule has 0 fully saturated rings. The molecular weight excluding hydrogens is 156 g/mol. The maximum Gasteiger partial charge on any atom is 0.0205 e. The predicted octanol–water partition coefficient (Wildman–Crippen LogP) is 3.87. The van der Waals surface area contributed by atoms with Crippen molar-refractivity contribution in [2.75, 3.05) is 0 Å². The third kappa shape index (κ3) is 7.15. The Morgan fingerprint density at radius 2 is 2.00 bits per heavy atom. The van der Waals surface area contributed by atoms with Gasteiger partial charge in [0.05, 0.1) is 0 Å². The average Bonchev–Trinajstić information content (AvgIpc) is 2.14. The van der Waals surface area contributed by atoms with Crippen molar-refractivity contribution in [3.05, 3.63) is 36.0 Å². The standard InChI is InChI=1S/C13H18/c1-4-7-9-12-13(10-6-3)11-8-5-2/h4,7-8,10-11H,5-6H2,1-3H3/b7-4+,11-8-,13-10+. The van der Waals surface area contributed by atoms with E-state index in [0.29, 0.717) is 0 Å². The van der Waals surface area contributed by atoms with Crippen LogP contribution >= 0.6 is 0 Å². The largest absolute Gasteiger partial charge is 0.0836 e. The van der Waals surface area contributed by atoms with Crippen molar-refractivity contribution < 1.29 is 0 Å². The minimum atomic E-state index is 1.04. The van der Waals surface area contributed by atoms with Gasteiger partial charge in [-0.05, 0) is 25.8 Å². The maximum absolute atomic E-state index is 3.09. The van der Waals surface area contributed by atoms with Gasteiger partial charge >= 0.3 is 0 Å². The molecule has 70 valence electrons. The van der Waals surface area contributed by atoms with E-state index in [1.807, 2.05) is 19.1 Å². The topological polar surface area (TPSA) is 0 Å². The molecule has 0 heterocycles. The van der Waals surface area contributed by atoms with Gasteiger partial charge in [0, 0.05) is 5.57 Å². The van der Waals surface area contributed by atoms with Crippen molar-refractivity contribution in [2.45, 2.75) is 33.6 Å². The van der Waals surface area contributed by atoms with Crippen LogP contribution in [-0.2, 0) is 0 Å². The van der Waals surface area contributed by atoms with Gasteiger partial charge in [0.25, 0.3) is 0 Å². The summed E-state index contributed by atoms with van der Waals surface area (Å²) in [6.45, 7) is 6.22. The van der Waals surface area contributed by atoms with Crippen molar-refractivity contribution >= 4 is 0 Å². The SMILES string of the molecule is C/C=C/C#CC(/C=C\CC)=C/CC. The fraction of sp³-hybridized carbons (Fsp3) is 0.385. The number of hydrogen-bond acceptors (Lipinski definition) is 0. The zero-order valence-electron chi connectivity index (χ0n) is 8.80.